The van der Waals surface area contributed by atoms with E-state index in [1.165, 1.54) is 29.8 Å². The fraction of sp³-hybridized carbons (Fsp3) is 0.368. The molecule has 0 aromatic heterocycles. The number of halogens is 1. The summed E-state index contributed by atoms with van der Waals surface area (Å²) in [5.41, 5.74) is 1.85. The van der Waals surface area contributed by atoms with Crippen LogP contribution in [0.15, 0.2) is 54.6 Å². The van der Waals surface area contributed by atoms with Crippen molar-refractivity contribution in [2.45, 2.75) is 25.3 Å². The van der Waals surface area contributed by atoms with Crippen LogP contribution in [-0.4, -0.2) is 43.3 Å². The minimum Gasteiger partial charge on any atom is -0.294 e. The maximum Gasteiger partial charge on any atom is 0.218 e. The number of benzene rings is 2. The van der Waals surface area contributed by atoms with Crippen LogP contribution in [0.2, 0.25) is 0 Å². The zero-order valence-electron chi connectivity index (χ0n) is 14.3. The number of rotatable bonds is 5. The molecule has 1 atom stereocenters. The molecule has 0 bridgehead atoms. The highest BCUT2D eigenvalue weighted by atomic mass is 32.2. The lowest BCUT2D eigenvalue weighted by molar-refractivity contribution is 0.122. The van der Waals surface area contributed by atoms with Crippen molar-refractivity contribution < 1.29 is 12.8 Å². The maximum atomic E-state index is 13.0. The van der Waals surface area contributed by atoms with Gasteiger partial charge in [0, 0.05) is 32.2 Å². The molecule has 0 N–H and O–H groups in total. The van der Waals surface area contributed by atoms with E-state index in [9.17, 15) is 12.8 Å². The zero-order chi connectivity index (χ0) is 17.9. The van der Waals surface area contributed by atoms with Gasteiger partial charge in [-0.2, -0.15) is 4.31 Å². The second kappa shape index (κ2) is 7.64. The SMILES string of the molecule is CC1CN(S(=O)(=O)Cc2ccc(F)cc2)CCN1Cc1ccccc1. The fourth-order valence-corrected chi connectivity index (χ4v) is 4.75. The van der Waals surface area contributed by atoms with E-state index in [2.05, 4.69) is 24.0 Å². The fourth-order valence-electron chi connectivity index (χ4n) is 3.15. The number of sulfonamides is 1. The highest BCUT2D eigenvalue weighted by Crippen LogP contribution is 2.19. The van der Waals surface area contributed by atoms with E-state index in [0.29, 0.717) is 25.2 Å². The van der Waals surface area contributed by atoms with Gasteiger partial charge in [0.25, 0.3) is 0 Å². The maximum absolute atomic E-state index is 13.0. The molecule has 134 valence electrons. The molecule has 1 aliphatic rings. The third kappa shape index (κ3) is 4.66. The van der Waals surface area contributed by atoms with Gasteiger partial charge < -0.3 is 0 Å². The summed E-state index contributed by atoms with van der Waals surface area (Å²) in [7, 11) is -3.39. The molecule has 25 heavy (non-hydrogen) atoms. The van der Waals surface area contributed by atoms with Crippen molar-refractivity contribution in [3.63, 3.8) is 0 Å². The topological polar surface area (TPSA) is 40.6 Å². The van der Waals surface area contributed by atoms with Crippen LogP contribution in [0.3, 0.4) is 0 Å². The molecule has 1 unspecified atom stereocenters. The van der Waals surface area contributed by atoms with Gasteiger partial charge in [0.05, 0.1) is 5.75 Å². The Morgan fingerprint density at radius 1 is 1.00 bits per heavy atom. The highest BCUT2D eigenvalue weighted by molar-refractivity contribution is 7.88. The summed E-state index contributed by atoms with van der Waals surface area (Å²) < 4.78 is 39.9. The molecule has 1 aliphatic heterocycles. The monoisotopic (exact) mass is 362 g/mol. The normalized spacial score (nSPS) is 19.8. The molecule has 0 aliphatic carbocycles. The van der Waals surface area contributed by atoms with Gasteiger partial charge in [-0.25, -0.2) is 12.8 Å². The van der Waals surface area contributed by atoms with Crippen LogP contribution in [0.1, 0.15) is 18.1 Å². The molecule has 1 saturated heterocycles. The van der Waals surface area contributed by atoms with E-state index in [1.54, 1.807) is 4.31 Å². The highest BCUT2D eigenvalue weighted by Gasteiger charge is 2.31. The quantitative estimate of drug-likeness (QED) is 0.821. The summed E-state index contributed by atoms with van der Waals surface area (Å²) in [4.78, 5) is 2.30. The first-order valence-corrected chi connectivity index (χ1v) is 10.1. The molecule has 0 radical (unpaired) electrons. The lowest BCUT2D eigenvalue weighted by Crippen LogP contribution is -2.53. The van der Waals surface area contributed by atoms with Crippen LogP contribution in [0.5, 0.6) is 0 Å². The van der Waals surface area contributed by atoms with Crippen molar-refractivity contribution in [1.29, 1.82) is 0 Å². The first-order chi connectivity index (χ1) is 11.9. The van der Waals surface area contributed by atoms with E-state index in [0.717, 1.165) is 6.54 Å². The Balaban J connectivity index is 1.62. The van der Waals surface area contributed by atoms with Crippen LogP contribution in [0.25, 0.3) is 0 Å². The summed E-state index contributed by atoms with van der Waals surface area (Å²) >= 11 is 0. The largest absolute Gasteiger partial charge is 0.294 e. The predicted molar refractivity (Wildman–Crippen MR) is 96.9 cm³/mol. The molecule has 0 saturated carbocycles. The Hall–Kier alpha value is -1.76. The molecule has 0 amide bonds. The van der Waals surface area contributed by atoms with Crippen molar-refractivity contribution in [3.05, 3.63) is 71.5 Å². The Morgan fingerprint density at radius 3 is 2.32 bits per heavy atom. The minimum absolute atomic E-state index is 0.0846. The Kier molecular flexibility index (Phi) is 5.51. The van der Waals surface area contributed by atoms with Gasteiger partial charge in [0.15, 0.2) is 0 Å². The third-order valence-corrected chi connectivity index (χ3v) is 6.43. The Labute approximate surface area is 148 Å². The van der Waals surface area contributed by atoms with Crippen LogP contribution in [-0.2, 0) is 22.3 Å². The molecule has 4 nitrogen and oxygen atoms in total. The van der Waals surface area contributed by atoms with Gasteiger partial charge in [-0.05, 0) is 30.2 Å². The smallest absolute Gasteiger partial charge is 0.218 e. The summed E-state index contributed by atoms with van der Waals surface area (Å²) in [6.07, 6.45) is 0. The summed E-state index contributed by atoms with van der Waals surface area (Å²) in [5, 5.41) is 0. The van der Waals surface area contributed by atoms with Gasteiger partial charge in [-0.15, -0.1) is 0 Å². The molecule has 0 spiro atoms. The van der Waals surface area contributed by atoms with E-state index < -0.39 is 10.0 Å². The van der Waals surface area contributed by atoms with Crippen LogP contribution < -0.4 is 0 Å². The number of hydrogen-bond donors (Lipinski definition) is 0. The molecule has 6 heteroatoms. The van der Waals surface area contributed by atoms with Crippen molar-refractivity contribution in [1.82, 2.24) is 9.21 Å². The Morgan fingerprint density at radius 2 is 1.68 bits per heavy atom. The molecule has 3 rings (SSSR count). The molecule has 2 aromatic rings. The van der Waals surface area contributed by atoms with E-state index >= 15 is 0 Å². The minimum atomic E-state index is -3.39. The zero-order valence-corrected chi connectivity index (χ0v) is 15.1. The van der Waals surface area contributed by atoms with Crippen LogP contribution >= 0.6 is 0 Å². The van der Waals surface area contributed by atoms with Crippen LogP contribution in [0.4, 0.5) is 4.39 Å². The summed E-state index contributed by atoms with van der Waals surface area (Å²) in [6, 6.07) is 16.0. The Bertz CT molecular complexity index is 794. The third-order valence-electron chi connectivity index (χ3n) is 4.61. The van der Waals surface area contributed by atoms with Gasteiger partial charge in [-0.3, -0.25) is 4.90 Å². The van der Waals surface area contributed by atoms with E-state index in [1.807, 2.05) is 18.2 Å². The standard InChI is InChI=1S/C19H23FN2O2S/c1-16-13-22(12-11-21(16)14-17-5-3-2-4-6-17)25(23,24)15-18-7-9-19(20)10-8-18/h2-10,16H,11-15H2,1H3. The molecular weight excluding hydrogens is 339 g/mol. The van der Waals surface area contributed by atoms with Crippen molar-refractivity contribution in [2.75, 3.05) is 19.6 Å². The van der Waals surface area contributed by atoms with Gasteiger partial charge >= 0.3 is 0 Å². The van der Waals surface area contributed by atoms with Gasteiger partial charge in [0.1, 0.15) is 5.82 Å². The molecule has 1 heterocycles. The lowest BCUT2D eigenvalue weighted by Gasteiger charge is -2.39. The molecule has 1 fully saturated rings. The first-order valence-electron chi connectivity index (χ1n) is 8.44. The number of hydrogen-bond acceptors (Lipinski definition) is 3. The second-order valence-electron chi connectivity index (χ2n) is 6.55. The molecule has 2 aromatic carbocycles. The van der Waals surface area contributed by atoms with Crippen molar-refractivity contribution in [3.8, 4) is 0 Å². The average Bonchev–Trinajstić information content (AvgIpc) is 2.59. The number of piperazine rings is 1. The van der Waals surface area contributed by atoms with Gasteiger partial charge in [0.2, 0.25) is 10.0 Å². The average molecular weight is 362 g/mol. The molecular formula is C19H23FN2O2S. The van der Waals surface area contributed by atoms with E-state index in [-0.39, 0.29) is 17.6 Å². The summed E-state index contributed by atoms with van der Waals surface area (Å²) in [6.45, 7) is 4.56. The van der Waals surface area contributed by atoms with Crippen LogP contribution in [0, 0.1) is 5.82 Å². The first kappa shape index (κ1) is 18.0. The number of nitrogens with zero attached hydrogens (tertiary/aromatic N) is 2. The predicted octanol–water partition coefficient (Wildman–Crippen LogP) is 2.86. The second-order valence-corrected chi connectivity index (χ2v) is 8.51. The lowest BCUT2D eigenvalue weighted by atomic mass is 10.1. The van der Waals surface area contributed by atoms with Crippen molar-refractivity contribution >= 4 is 10.0 Å². The van der Waals surface area contributed by atoms with E-state index in [4.69, 9.17) is 0 Å². The van der Waals surface area contributed by atoms with Gasteiger partial charge in [-0.1, -0.05) is 42.5 Å². The van der Waals surface area contributed by atoms with Crippen molar-refractivity contribution in [2.24, 2.45) is 0 Å². The summed E-state index contributed by atoms with van der Waals surface area (Å²) in [5.74, 6) is -0.442.